The van der Waals surface area contributed by atoms with Crippen LogP contribution in [0.15, 0.2) is 18.2 Å². The molecule has 1 aliphatic heterocycles. The fraction of sp³-hybridized carbons (Fsp3) is 0.400. The van der Waals surface area contributed by atoms with Crippen molar-refractivity contribution >= 4 is 0 Å². The first-order valence-electron chi connectivity index (χ1n) is 4.13. The minimum Gasteiger partial charge on any atom is -0.497 e. The zero-order valence-corrected chi connectivity index (χ0v) is 7.33. The van der Waals surface area contributed by atoms with E-state index in [-0.39, 0.29) is 0 Å². The summed E-state index contributed by atoms with van der Waals surface area (Å²) in [5.74, 6) is 1.91. The third-order valence-electron chi connectivity index (χ3n) is 2.10. The van der Waals surface area contributed by atoms with Crippen molar-refractivity contribution in [1.29, 1.82) is 0 Å². The van der Waals surface area contributed by atoms with Crippen molar-refractivity contribution in [2.45, 2.75) is 19.4 Å². The molecule has 1 unspecified atom stereocenters. The fourth-order valence-electron chi connectivity index (χ4n) is 1.53. The van der Waals surface area contributed by atoms with Crippen LogP contribution in [0.3, 0.4) is 0 Å². The molecule has 0 fully saturated rings. The second kappa shape index (κ2) is 2.70. The van der Waals surface area contributed by atoms with Gasteiger partial charge >= 0.3 is 0 Å². The lowest BCUT2D eigenvalue weighted by atomic mass is 10.1. The van der Waals surface area contributed by atoms with Crippen molar-refractivity contribution in [2.24, 2.45) is 0 Å². The molecule has 2 nitrogen and oxygen atoms in total. The lowest BCUT2D eigenvalue weighted by Gasteiger charge is -2.02. The van der Waals surface area contributed by atoms with Crippen LogP contribution in [-0.2, 0) is 6.42 Å². The number of methoxy groups -OCH3 is 1. The summed E-state index contributed by atoms with van der Waals surface area (Å²) >= 11 is 0. The zero-order chi connectivity index (χ0) is 8.55. The largest absolute Gasteiger partial charge is 0.497 e. The average molecular weight is 164 g/mol. The first-order valence-corrected chi connectivity index (χ1v) is 4.13. The molecule has 2 heteroatoms. The highest BCUT2D eigenvalue weighted by Crippen LogP contribution is 2.31. The highest BCUT2D eigenvalue weighted by atomic mass is 16.5. The summed E-state index contributed by atoms with van der Waals surface area (Å²) in [6.45, 7) is 2.08. The predicted octanol–water partition coefficient (Wildman–Crippen LogP) is 2.02. The molecule has 1 aliphatic rings. The number of hydrogen-bond donors (Lipinski definition) is 0. The molecule has 0 aromatic heterocycles. The Morgan fingerprint density at radius 1 is 1.50 bits per heavy atom. The highest BCUT2D eigenvalue weighted by Gasteiger charge is 2.18. The van der Waals surface area contributed by atoms with E-state index in [0.29, 0.717) is 6.10 Å². The van der Waals surface area contributed by atoms with Crippen molar-refractivity contribution in [2.75, 3.05) is 7.11 Å². The van der Waals surface area contributed by atoms with Gasteiger partial charge in [-0.05, 0) is 25.1 Å². The first kappa shape index (κ1) is 7.47. The summed E-state index contributed by atoms with van der Waals surface area (Å²) in [5, 5.41) is 0. The Morgan fingerprint density at radius 3 is 3.08 bits per heavy atom. The van der Waals surface area contributed by atoms with Crippen LogP contribution in [-0.4, -0.2) is 13.2 Å². The van der Waals surface area contributed by atoms with Crippen LogP contribution < -0.4 is 9.47 Å². The average Bonchev–Trinajstić information content (AvgIpc) is 2.43. The van der Waals surface area contributed by atoms with Crippen LogP contribution >= 0.6 is 0 Å². The molecule has 1 atom stereocenters. The van der Waals surface area contributed by atoms with Crippen molar-refractivity contribution in [1.82, 2.24) is 0 Å². The van der Waals surface area contributed by atoms with Crippen LogP contribution in [0.2, 0.25) is 0 Å². The quantitative estimate of drug-likeness (QED) is 0.632. The molecular weight excluding hydrogens is 152 g/mol. The second-order valence-corrected chi connectivity index (χ2v) is 3.11. The Hall–Kier alpha value is -1.18. The monoisotopic (exact) mass is 164 g/mol. The normalized spacial score (nSPS) is 20.0. The number of rotatable bonds is 1. The molecule has 0 aliphatic carbocycles. The minimum absolute atomic E-state index is 0.312. The van der Waals surface area contributed by atoms with Crippen LogP contribution in [0.1, 0.15) is 12.5 Å². The van der Waals surface area contributed by atoms with E-state index in [2.05, 4.69) is 6.92 Å². The van der Waals surface area contributed by atoms with Crippen LogP contribution in [0, 0.1) is 0 Å². The van der Waals surface area contributed by atoms with E-state index in [9.17, 15) is 0 Å². The van der Waals surface area contributed by atoms with Gasteiger partial charge in [0, 0.05) is 12.0 Å². The predicted molar refractivity (Wildman–Crippen MR) is 46.8 cm³/mol. The van der Waals surface area contributed by atoms with Crippen LogP contribution in [0.25, 0.3) is 0 Å². The molecule has 0 radical (unpaired) electrons. The number of benzene rings is 1. The van der Waals surface area contributed by atoms with Gasteiger partial charge in [0.1, 0.15) is 17.6 Å². The Labute approximate surface area is 72.1 Å². The van der Waals surface area contributed by atoms with E-state index in [0.717, 1.165) is 17.9 Å². The zero-order valence-electron chi connectivity index (χ0n) is 7.33. The summed E-state index contributed by atoms with van der Waals surface area (Å²) in [7, 11) is 1.68. The molecule has 0 amide bonds. The lowest BCUT2D eigenvalue weighted by Crippen LogP contribution is -2.05. The third-order valence-corrected chi connectivity index (χ3v) is 2.10. The van der Waals surface area contributed by atoms with Crippen molar-refractivity contribution in [3.05, 3.63) is 23.8 Å². The van der Waals surface area contributed by atoms with Crippen molar-refractivity contribution < 1.29 is 9.47 Å². The van der Waals surface area contributed by atoms with E-state index in [4.69, 9.17) is 9.47 Å². The van der Waals surface area contributed by atoms with Crippen LogP contribution in [0.4, 0.5) is 0 Å². The van der Waals surface area contributed by atoms with Gasteiger partial charge in [0.2, 0.25) is 0 Å². The molecule has 1 aromatic carbocycles. The van der Waals surface area contributed by atoms with Gasteiger partial charge in [-0.1, -0.05) is 0 Å². The summed E-state index contributed by atoms with van der Waals surface area (Å²) in [5.41, 5.74) is 1.25. The SMILES string of the molecule is COc1ccc2c(c1)CC(C)O2. The van der Waals surface area contributed by atoms with Gasteiger partial charge in [-0.2, -0.15) is 0 Å². The van der Waals surface area contributed by atoms with Gasteiger partial charge in [0.05, 0.1) is 7.11 Å². The molecule has 0 saturated carbocycles. The van der Waals surface area contributed by atoms with Gasteiger partial charge in [-0.25, -0.2) is 0 Å². The summed E-state index contributed by atoms with van der Waals surface area (Å²) in [4.78, 5) is 0. The topological polar surface area (TPSA) is 18.5 Å². The first-order chi connectivity index (χ1) is 5.79. The molecule has 0 N–H and O–H groups in total. The maximum absolute atomic E-state index is 5.55. The Kier molecular flexibility index (Phi) is 1.68. The van der Waals surface area contributed by atoms with Gasteiger partial charge in [0.15, 0.2) is 0 Å². The van der Waals surface area contributed by atoms with E-state index in [1.807, 2.05) is 18.2 Å². The van der Waals surface area contributed by atoms with Crippen molar-refractivity contribution in [3.8, 4) is 11.5 Å². The fourth-order valence-corrected chi connectivity index (χ4v) is 1.53. The van der Waals surface area contributed by atoms with Gasteiger partial charge < -0.3 is 9.47 Å². The number of fused-ring (bicyclic) bond motifs is 1. The molecule has 2 rings (SSSR count). The summed E-state index contributed by atoms with van der Waals surface area (Å²) in [6, 6.07) is 5.94. The summed E-state index contributed by atoms with van der Waals surface area (Å²) in [6.07, 6.45) is 1.30. The van der Waals surface area contributed by atoms with Gasteiger partial charge in [-0.3, -0.25) is 0 Å². The second-order valence-electron chi connectivity index (χ2n) is 3.11. The van der Waals surface area contributed by atoms with E-state index < -0.39 is 0 Å². The molecule has 1 heterocycles. The molecule has 12 heavy (non-hydrogen) atoms. The molecule has 1 aromatic rings. The van der Waals surface area contributed by atoms with Crippen molar-refractivity contribution in [3.63, 3.8) is 0 Å². The highest BCUT2D eigenvalue weighted by molar-refractivity contribution is 5.42. The smallest absolute Gasteiger partial charge is 0.123 e. The third kappa shape index (κ3) is 1.13. The maximum Gasteiger partial charge on any atom is 0.123 e. The molecular formula is C10H12O2. The Bertz CT molecular complexity index is 294. The lowest BCUT2D eigenvalue weighted by molar-refractivity contribution is 0.254. The van der Waals surface area contributed by atoms with Crippen LogP contribution in [0.5, 0.6) is 11.5 Å². The Balaban J connectivity index is 2.35. The van der Waals surface area contributed by atoms with E-state index in [1.165, 1.54) is 5.56 Å². The number of hydrogen-bond acceptors (Lipinski definition) is 2. The molecule has 0 spiro atoms. The molecule has 64 valence electrons. The van der Waals surface area contributed by atoms with Gasteiger partial charge in [-0.15, -0.1) is 0 Å². The minimum atomic E-state index is 0.312. The molecule has 0 bridgehead atoms. The van der Waals surface area contributed by atoms with E-state index in [1.54, 1.807) is 7.11 Å². The maximum atomic E-state index is 5.55. The Morgan fingerprint density at radius 2 is 2.33 bits per heavy atom. The van der Waals surface area contributed by atoms with Gasteiger partial charge in [0.25, 0.3) is 0 Å². The molecule has 0 saturated heterocycles. The number of ether oxygens (including phenoxy) is 2. The standard InChI is InChI=1S/C10H12O2/c1-7-5-8-6-9(11-2)3-4-10(8)12-7/h3-4,6-7H,5H2,1-2H3. The van der Waals surface area contributed by atoms with E-state index >= 15 is 0 Å². The summed E-state index contributed by atoms with van der Waals surface area (Å²) < 4.78 is 10.7.